The van der Waals surface area contributed by atoms with E-state index >= 15 is 0 Å². The van der Waals surface area contributed by atoms with Gasteiger partial charge in [-0.2, -0.15) is 0 Å². The highest BCUT2D eigenvalue weighted by Gasteiger charge is 2.26. The first kappa shape index (κ1) is 45.7. The van der Waals surface area contributed by atoms with Gasteiger partial charge in [-0.3, -0.25) is 13.8 Å². The summed E-state index contributed by atoms with van der Waals surface area (Å²) in [5.41, 5.74) is 5.33. The zero-order chi connectivity index (χ0) is 35.4. The van der Waals surface area contributed by atoms with Crippen LogP contribution in [0.1, 0.15) is 123 Å². The first-order valence-electron chi connectivity index (χ1n) is 18.2. The summed E-state index contributed by atoms with van der Waals surface area (Å²) in [4.78, 5) is 22.5. The second kappa shape index (κ2) is 34.5. The second-order valence-corrected chi connectivity index (χ2v) is 13.1. The topological polar surface area (TPSA) is 131 Å². The highest BCUT2D eigenvalue weighted by atomic mass is 31.2. The molecule has 0 aromatic rings. The number of unbranched alkanes of at least 4 members (excludes halogenated alkanes) is 8. The molecule has 1 amide bonds. The third-order valence-electron chi connectivity index (χ3n) is 7.20. The molecule has 274 valence electrons. The lowest BCUT2D eigenvalue weighted by atomic mass is 10.1. The Bertz CT molecular complexity index is 1020. The molecule has 0 spiro atoms. The lowest BCUT2D eigenvalue weighted by Gasteiger charge is -2.23. The molecule has 0 saturated heterocycles. The maximum Gasteiger partial charge on any atom is 0.472 e. The van der Waals surface area contributed by atoms with Gasteiger partial charge < -0.3 is 21.1 Å². The van der Waals surface area contributed by atoms with Crippen LogP contribution < -0.4 is 11.1 Å². The quantitative estimate of drug-likeness (QED) is 0.0314. The van der Waals surface area contributed by atoms with Crippen LogP contribution in [0.4, 0.5) is 0 Å². The third-order valence-corrected chi connectivity index (χ3v) is 8.19. The van der Waals surface area contributed by atoms with Gasteiger partial charge in [0.25, 0.3) is 0 Å². The molecule has 3 unspecified atom stereocenters. The first-order chi connectivity index (χ1) is 23.4. The minimum Gasteiger partial charge on any atom is -0.387 e. The number of nitrogens with two attached hydrogens (primary N) is 1. The molecule has 8 nitrogen and oxygen atoms in total. The fourth-order valence-corrected chi connectivity index (χ4v) is 5.21. The van der Waals surface area contributed by atoms with Crippen molar-refractivity contribution in [2.24, 2.45) is 5.73 Å². The van der Waals surface area contributed by atoms with Gasteiger partial charge in [0.1, 0.15) is 0 Å². The number of phosphoric acid groups is 1. The molecule has 0 saturated carbocycles. The number of carbonyl (C=O) groups excluding carboxylic acids is 1. The molecule has 9 heteroatoms. The molecule has 0 radical (unpaired) electrons. The molecule has 0 rings (SSSR count). The first-order valence-corrected chi connectivity index (χ1v) is 19.7. The average Bonchev–Trinajstić information content (AvgIpc) is 3.07. The lowest BCUT2D eigenvalue weighted by molar-refractivity contribution is -0.123. The van der Waals surface area contributed by atoms with Gasteiger partial charge in [-0.1, -0.05) is 131 Å². The molecule has 0 aliphatic rings. The summed E-state index contributed by atoms with van der Waals surface area (Å²) in [7, 11) is -4.34. The molecule has 0 bridgehead atoms. The van der Waals surface area contributed by atoms with Gasteiger partial charge in [0.2, 0.25) is 5.91 Å². The van der Waals surface area contributed by atoms with Crippen molar-refractivity contribution in [1.29, 1.82) is 0 Å². The van der Waals surface area contributed by atoms with Gasteiger partial charge in [-0.25, -0.2) is 4.57 Å². The number of phosphoric ester groups is 1. The van der Waals surface area contributed by atoms with Crippen molar-refractivity contribution < 1.29 is 28.4 Å². The SMILES string of the molecule is CC/C=C\C/C=C\C/C=C\C/C=C\C/C=C\CCCCCCCC(=O)NC(COP(=O)(O)OCCN)C(O)/C=C/CC/C=C/CCCC. The van der Waals surface area contributed by atoms with Crippen LogP contribution in [-0.4, -0.2) is 47.8 Å². The van der Waals surface area contributed by atoms with E-state index in [1.165, 1.54) is 6.42 Å². The van der Waals surface area contributed by atoms with Gasteiger partial charge in [0, 0.05) is 13.0 Å². The Morgan fingerprint density at radius 1 is 0.708 bits per heavy atom. The van der Waals surface area contributed by atoms with Crippen molar-refractivity contribution >= 4 is 13.7 Å². The number of carbonyl (C=O) groups is 1. The van der Waals surface area contributed by atoms with E-state index in [0.29, 0.717) is 6.42 Å². The molecule has 48 heavy (non-hydrogen) atoms. The van der Waals surface area contributed by atoms with Crippen molar-refractivity contribution in [2.45, 2.75) is 135 Å². The van der Waals surface area contributed by atoms with Crippen LogP contribution in [0.3, 0.4) is 0 Å². The Labute approximate surface area is 292 Å². The second-order valence-electron chi connectivity index (χ2n) is 11.7. The number of rotatable bonds is 32. The molecule has 0 heterocycles. The fourth-order valence-electron chi connectivity index (χ4n) is 4.45. The number of hydrogen-bond donors (Lipinski definition) is 4. The molecule has 0 fully saturated rings. The van der Waals surface area contributed by atoms with E-state index < -0.39 is 20.0 Å². The zero-order valence-electron chi connectivity index (χ0n) is 29.9. The molecule has 0 aliphatic heterocycles. The number of allylic oxidation sites excluding steroid dienone is 13. The van der Waals surface area contributed by atoms with Crippen LogP contribution >= 0.6 is 7.82 Å². The van der Waals surface area contributed by atoms with E-state index in [0.717, 1.165) is 96.3 Å². The van der Waals surface area contributed by atoms with Crippen molar-refractivity contribution in [3.63, 3.8) is 0 Å². The summed E-state index contributed by atoms with van der Waals surface area (Å²) in [5, 5.41) is 13.5. The molecular formula is C39H67N2O6P. The predicted octanol–water partition coefficient (Wildman–Crippen LogP) is 9.49. The van der Waals surface area contributed by atoms with Gasteiger partial charge >= 0.3 is 7.82 Å². The Kier molecular flexibility index (Phi) is 32.9. The summed E-state index contributed by atoms with van der Waals surface area (Å²) in [6.45, 7) is 3.86. The zero-order valence-corrected chi connectivity index (χ0v) is 30.8. The summed E-state index contributed by atoms with van der Waals surface area (Å²) < 4.78 is 21.9. The summed E-state index contributed by atoms with van der Waals surface area (Å²) in [5.74, 6) is -0.232. The summed E-state index contributed by atoms with van der Waals surface area (Å²) in [6.07, 6.45) is 45.0. The minimum absolute atomic E-state index is 0.0652. The van der Waals surface area contributed by atoms with E-state index in [2.05, 4.69) is 92.1 Å². The Hall–Kier alpha value is -2.32. The molecule has 0 aromatic carbocycles. The van der Waals surface area contributed by atoms with E-state index in [-0.39, 0.29) is 25.7 Å². The van der Waals surface area contributed by atoms with Gasteiger partial charge in [0.15, 0.2) is 0 Å². The predicted molar refractivity (Wildman–Crippen MR) is 203 cm³/mol. The molecule has 0 aromatic heterocycles. The maximum atomic E-state index is 12.6. The van der Waals surface area contributed by atoms with Crippen molar-refractivity contribution in [3.8, 4) is 0 Å². The van der Waals surface area contributed by atoms with Crippen LogP contribution in [-0.2, 0) is 18.4 Å². The van der Waals surface area contributed by atoms with Crippen LogP contribution in [0, 0.1) is 0 Å². The Balaban J connectivity index is 4.28. The summed E-state index contributed by atoms with van der Waals surface area (Å²) in [6, 6.07) is -0.890. The molecular weight excluding hydrogens is 623 g/mol. The highest BCUT2D eigenvalue weighted by Crippen LogP contribution is 2.43. The van der Waals surface area contributed by atoms with Gasteiger partial charge in [-0.15, -0.1) is 0 Å². The van der Waals surface area contributed by atoms with Crippen molar-refractivity contribution in [3.05, 3.63) is 85.1 Å². The molecule has 0 aliphatic carbocycles. The standard InChI is InChI=1S/C39H67N2O6P/c1-3-5-7-9-11-13-14-15-16-17-18-19-20-21-22-23-24-25-27-29-31-33-39(43)41-37(36-47-48(44,45)46-35-34-40)38(42)32-30-28-26-12-10-8-6-4-2/h5,7,10-13,15-16,18-19,21-22,30,32,37-38,42H,3-4,6,8-9,14,17,20,23-29,31,33-36,40H2,1-2H3,(H,41,43)(H,44,45)/b7-5-,12-10+,13-11-,16-15-,19-18-,22-21-,32-30+. The van der Waals surface area contributed by atoms with Crippen LogP contribution in [0.15, 0.2) is 85.1 Å². The normalized spacial score (nSPS) is 15.4. The van der Waals surface area contributed by atoms with Crippen LogP contribution in [0.5, 0.6) is 0 Å². The maximum absolute atomic E-state index is 12.6. The van der Waals surface area contributed by atoms with Gasteiger partial charge in [0.05, 0.1) is 25.4 Å². The highest BCUT2D eigenvalue weighted by molar-refractivity contribution is 7.47. The number of hydrogen-bond acceptors (Lipinski definition) is 6. The Morgan fingerprint density at radius 2 is 1.23 bits per heavy atom. The van der Waals surface area contributed by atoms with Crippen molar-refractivity contribution in [1.82, 2.24) is 5.32 Å². The fraction of sp³-hybridized carbons (Fsp3) is 0.615. The largest absolute Gasteiger partial charge is 0.472 e. The van der Waals surface area contributed by atoms with E-state index in [4.69, 9.17) is 14.8 Å². The molecule has 3 atom stereocenters. The smallest absolute Gasteiger partial charge is 0.387 e. The number of amides is 1. The van der Waals surface area contributed by atoms with E-state index in [1.54, 1.807) is 6.08 Å². The van der Waals surface area contributed by atoms with Crippen molar-refractivity contribution in [2.75, 3.05) is 19.8 Å². The monoisotopic (exact) mass is 690 g/mol. The Morgan fingerprint density at radius 3 is 1.85 bits per heavy atom. The van der Waals surface area contributed by atoms with Gasteiger partial charge in [-0.05, 0) is 70.6 Å². The average molecular weight is 691 g/mol. The van der Waals surface area contributed by atoms with E-state index in [1.807, 2.05) is 6.08 Å². The van der Waals surface area contributed by atoms with E-state index in [9.17, 15) is 19.4 Å². The third kappa shape index (κ3) is 32.2. The number of nitrogens with one attached hydrogen (secondary N) is 1. The number of aliphatic hydroxyl groups excluding tert-OH is 1. The van der Waals surface area contributed by atoms with Crippen LogP contribution in [0.2, 0.25) is 0 Å². The minimum atomic E-state index is -4.34. The van der Waals surface area contributed by atoms with Crippen LogP contribution in [0.25, 0.3) is 0 Å². The molecule has 5 N–H and O–H groups in total. The number of aliphatic hydroxyl groups is 1. The lowest BCUT2D eigenvalue weighted by Crippen LogP contribution is -2.45. The summed E-state index contributed by atoms with van der Waals surface area (Å²) >= 11 is 0.